The Kier molecular flexibility index (Phi) is 1.77. The Hall–Kier alpha value is 0.830. The Labute approximate surface area is 40.1 Å². The van der Waals surface area contributed by atoms with Crippen molar-refractivity contribution in [1.29, 1.82) is 0 Å². The second-order valence-electron chi connectivity index (χ2n) is 0.545. The average Bonchev–Trinajstić information content (AvgIpc) is 0.722. The van der Waals surface area contributed by atoms with Gasteiger partial charge in [0.15, 0.2) is 0 Å². The van der Waals surface area contributed by atoms with Crippen molar-refractivity contribution < 1.29 is 4.57 Å². The number of nitrogens with two attached hydrogens (primary N) is 1. The summed E-state index contributed by atoms with van der Waals surface area (Å²) in [5.41, 5.74) is 4.54. The Balaban J connectivity index is 3.47. The van der Waals surface area contributed by atoms with Gasteiger partial charge in [0.25, 0.3) is 5.85 Å². The zero-order valence-electron chi connectivity index (χ0n) is 2.26. The quantitative estimate of drug-likeness (QED) is 0.384. The van der Waals surface area contributed by atoms with Crippen LogP contribution in [-0.2, 0) is 4.57 Å². The fourth-order valence-electron chi connectivity index (χ4n) is 0. The second-order valence-corrected chi connectivity index (χ2v) is 5.63. The van der Waals surface area contributed by atoms with Crippen LogP contribution in [0.3, 0.4) is 0 Å². The molecule has 0 rings (SSSR count). The zero-order valence-corrected chi connectivity index (χ0v) is 4.80. The predicted molar refractivity (Wildman–Crippen MR) is 26.6 cm³/mol. The minimum absolute atomic E-state index is 2.97. The van der Waals surface area contributed by atoms with E-state index in [1.54, 1.807) is 0 Å². The molecule has 0 radical (unpaired) electrons. The van der Waals surface area contributed by atoms with Gasteiger partial charge in [-0.3, -0.25) is 10.1 Å². The molecule has 0 amide bonds. The molecule has 1 unspecified atom stereocenters. The van der Waals surface area contributed by atoms with Crippen LogP contribution in [0.2, 0.25) is 0 Å². The van der Waals surface area contributed by atoms with E-state index < -0.39 is 5.85 Å². The zero-order chi connectivity index (χ0) is 4.50. The Bertz CT molecular complexity index is 57.8. The van der Waals surface area contributed by atoms with Crippen LogP contribution < -0.4 is 5.50 Å². The topological polar surface area (TPSA) is 43.1 Å². The van der Waals surface area contributed by atoms with E-state index in [1.807, 2.05) is 0 Å². The van der Waals surface area contributed by atoms with Gasteiger partial charge >= 0.3 is 0 Å². The summed E-state index contributed by atoms with van der Waals surface area (Å²) in [6.45, 7) is 0. The van der Waals surface area contributed by atoms with Crippen LogP contribution in [0.15, 0.2) is 0 Å². The monoisotopic (exact) mass is 131 g/mol. The van der Waals surface area contributed by atoms with Crippen molar-refractivity contribution in [2.24, 2.45) is 5.50 Å². The van der Waals surface area contributed by atoms with Crippen molar-refractivity contribution in [3.8, 4) is 0 Å². The first-order valence-corrected chi connectivity index (χ1v) is 4.64. The molecule has 0 heterocycles. The highest BCUT2D eigenvalue weighted by atomic mass is 35.7. The summed E-state index contributed by atoms with van der Waals surface area (Å²) in [5, 5.41) is 0. The van der Waals surface area contributed by atoms with Crippen molar-refractivity contribution in [2.75, 3.05) is 0 Å². The fraction of sp³-hybridized carbons (Fsp3) is 0. The van der Waals surface area contributed by atoms with Crippen LogP contribution in [0, 0.1) is 0 Å². The molecule has 0 saturated carbocycles. The molecule has 0 aromatic rings. The fourth-order valence-corrected chi connectivity index (χ4v) is 0. The lowest BCUT2D eigenvalue weighted by atomic mass is 13.9. The molecule has 0 aromatic carbocycles. The number of halogens is 1. The maximum Gasteiger partial charge on any atom is 0.281 e. The first-order chi connectivity index (χ1) is 2.00. The van der Waals surface area contributed by atoms with Crippen LogP contribution in [0.5, 0.6) is 0 Å². The van der Waals surface area contributed by atoms with E-state index in [2.05, 4.69) is 17.8 Å². The van der Waals surface area contributed by atoms with E-state index in [9.17, 15) is 4.57 Å². The highest BCUT2D eigenvalue weighted by Crippen LogP contribution is 2.46. The van der Waals surface area contributed by atoms with Crippen molar-refractivity contribution >= 4 is 29.3 Å². The minimum atomic E-state index is -2.97. The lowest BCUT2D eigenvalue weighted by molar-refractivity contribution is 0.594. The molecule has 5 heteroatoms. The summed E-state index contributed by atoms with van der Waals surface area (Å²) in [6, 6.07) is 0. The van der Waals surface area contributed by atoms with E-state index in [0.29, 0.717) is 0 Å². The molecule has 32 valence electrons. The summed E-state index contributed by atoms with van der Waals surface area (Å²) in [5.74, 6) is -2.97. The number of rotatable bonds is 0. The Morgan fingerprint density at radius 2 is 2.00 bits per heavy atom. The molecule has 0 aliphatic rings. The van der Waals surface area contributed by atoms with Crippen LogP contribution >= 0.6 is 29.3 Å². The maximum atomic E-state index is 9.62. The molecule has 0 aromatic heterocycles. The van der Waals surface area contributed by atoms with Gasteiger partial charge in [0, 0.05) is 0 Å². The van der Waals surface area contributed by atoms with Gasteiger partial charge in [-0.05, 0) is 11.2 Å². The molecule has 5 heavy (non-hydrogen) atoms. The molecule has 0 fully saturated rings. The number of thiol groups is 1. The Morgan fingerprint density at radius 3 is 2.00 bits per heavy atom. The van der Waals surface area contributed by atoms with E-state index in [1.165, 1.54) is 0 Å². The van der Waals surface area contributed by atoms with Gasteiger partial charge in [-0.2, -0.15) is 0 Å². The minimum Gasteiger partial charge on any atom is -0.278 e. The molecule has 2 nitrogen and oxygen atoms in total. The van der Waals surface area contributed by atoms with E-state index in [-0.39, 0.29) is 0 Å². The van der Waals surface area contributed by atoms with E-state index in [4.69, 9.17) is 11.2 Å². The highest BCUT2D eigenvalue weighted by Gasteiger charge is 1.95. The molecule has 0 bridgehead atoms. The summed E-state index contributed by atoms with van der Waals surface area (Å²) in [7, 11) is 0. The standard InChI is InChI=1S/ClH3NOPS/c1-4(2,3)5/h(H3,2,3,5). The lowest BCUT2D eigenvalue weighted by Gasteiger charge is -1.82. The third kappa shape index (κ3) is 56.2. The van der Waals surface area contributed by atoms with Gasteiger partial charge in [-0.15, -0.1) is 0 Å². The van der Waals surface area contributed by atoms with Gasteiger partial charge in [-0.1, -0.05) is 12.2 Å². The largest absolute Gasteiger partial charge is 0.281 e. The van der Waals surface area contributed by atoms with Gasteiger partial charge in [-0.25, -0.2) is 0 Å². The maximum absolute atomic E-state index is 9.62. The summed E-state index contributed by atoms with van der Waals surface area (Å²) in [6.07, 6.45) is 0. The SMILES string of the molecule is NP(=O)(S)Cl. The first kappa shape index (κ1) is 5.83. The summed E-state index contributed by atoms with van der Waals surface area (Å²) >= 11 is 7.95. The molecule has 2 N–H and O–H groups in total. The van der Waals surface area contributed by atoms with Gasteiger partial charge in [0.2, 0.25) is 0 Å². The smallest absolute Gasteiger partial charge is 0.278 e. The van der Waals surface area contributed by atoms with Crippen molar-refractivity contribution in [3.63, 3.8) is 0 Å². The Morgan fingerprint density at radius 1 is 2.00 bits per heavy atom. The van der Waals surface area contributed by atoms with Crippen molar-refractivity contribution in [3.05, 3.63) is 0 Å². The predicted octanol–water partition coefficient (Wildman–Crippen LogP) is 1.22. The van der Waals surface area contributed by atoms with E-state index >= 15 is 0 Å². The first-order valence-electron chi connectivity index (χ1n) is 0.810. The third-order valence-electron chi connectivity index (χ3n) is 0. The molecule has 0 aliphatic carbocycles. The highest BCUT2D eigenvalue weighted by molar-refractivity contribution is 8.55. The van der Waals surface area contributed by atoms with Gasteiger partial charge < -0.3 is 0 Å². The molecular weight excluding hydrogens is 128 g/mol. The van der Waals surface area contributed by atoms with Crippen molar-refractivity contribution in [2.45, 2.75) is 0 Å². The number of hydrogen-bond donors (Lipinski definition) is 2. The lowest BCUT2D eigenvalue weighted by Crippen LogP contribution is -1.72. The average molecular weight is 132 g/mol. The summed E-state index contributed by atoms with van der Waals surface area (Å²) < 4.78 is 9.62. The molecule has 1 atom stereocenters. The van der Waals surface area contributed by atoms with Gasteiger partial charge in [0.1, 0.15) is 0 Å². The molecule has 0 spiro atoms. The van der Waals surface area contributed by atoms with Crippen LogP contribution in [0.1, 0.15) is 0 Å². The summed E-state index contributed by atoms with van der Waals surface area (Å²) in [4.78, 5) is 0. The van der Waals surface area contributed by atoms with Crippen LogP contribution in [0.25, 0.3) is 0 Å². The molecular formula is H3ClNOPS. The molecule has 0 aliphatic heterocycles. The van der Waals surface area contributed by atoms with Gasteiger partial charge in [0.05, 0.1) is 0 Å². The third-order valence-corrected chi connectivity index (χ3v) is 0. The normalized spacial score (nSPS) is 21.4. The van der Waals surface area contributed by atoms with Crippen LogP contribution in [-0.4, -0.2) is 0 Å². The van der Waals surface area contributed by atoms with Crippen molar-refractivity contribution in [1.82, 2.24) is 0 Å². The van der Waals surface area contributed by atoms with Crippen LogP contribution in [0.4, 0.5) is 0 Å². The second kappa shape index (κ2) is 1.52. The molecule has 0 saturated heterocycles. The van der Waals surface area contributed by atoms with E-state index in [0.717, 1.165) is 0 Å². The number of hydrogen-bond acceptors (Lipinski definition) is 1.